The van der Waals surface area contributed by atoms with Crippen molar-refractivity contribution in [1.82, 2.24) is 5.32 Å². The van der Waals surface area contributed by atoms with E-state index in [1.807, 2.05) is 0 Å². The first-order valence-electron chi connectivity index (χ1n) is 6.49. The molecular formula is C14H19FN2O. The van der Waals surface area contributed by atoms with Crippen molar-refractivity contribution in [2.24, 2.45) is 5.92 Å². The Bertz CT molecular complexity index is 408. The molecule has 0 radical (unpaired) electrons. The number of anilines is 1. The van der Waals surface area contributed by atoms with Crippen LogP contribution in [0, 0.1) is 11.7 Å². The van der Waals surface area contributed by atoms with Gasteiger partial charge in [-0.2, -0.15) is 0 Å². The number of rotatable bonds is 3. The van der Waals surface area contributed by atoms with E-state index in [-0.39, 0.29) is 11.6 Å². The van der Waals surface area contributed by atoms with Crippen molar-refractivity contribution < 1.29 is 9.18 Å². The van der Waals surface area contributed by atoms with Crippen LogP contribution in [0.2, 0.25) is 0 Å². The van der Waals surface area contributed by atoms with E-state index in [1.165, 1.54) is 50.3 Å². The molecule has 2 rings (SSSR count). The third-order valence-electron chi connectivity index (χ3n) is 3.46. The quantitative estimate of drug-likeness (QED) is 0.810. The summed E-state index contributed by atoms with van der Waals surface area (Å²) in [6.45, 7) is 0.676. The fourth-order valence-corrected chi connectivity index (χ4v) is 2.47. The van der Waals surface area contributed by atoms with Crippen LogP contribution in [-0.4, -0.2) is 12.5 Å². The topological polar surface area (TPSA) is 55.1 Å². The van der Waals surface area contributed by atoms with Crippen LogP contribution in [0.4, 0.5) is 10.1 Å². The third kappa shape index (κ3) is 3.45. The van der Waals surface area contributed by atoms with E-state index in [4.69, 9.17) is 5.73 Å². The smallest absolute Gasteiger partial charge is 0.251 e. The number of nitrogen functional groups attached to an aromatic ring is 1. The fourth-order valence-electron chi connectivity index (χ4n) is 2.47. The number of amides is 1. The minimum absolute atomic E-state index is 0.244. The van der Waals surface area contributed by atoms with Crippen LogP contribution in [0.15, 0.2) is 18.2 Å². The Balaban J connectivity index is 1.90. The summed E-state index contributed by atoms with van der Waals surface area (Å²) in [4.78, 5) is 11.9. The van der Waals surface area contributed by atoms with E-state index in [9.17, 15) is 9.18 Å². The Morgan fingerprint density at radius 3 is 2.67 bits per heavy atom. The van der Waals surface area contributed by atoms with Gasteiger partial charge in [-0.1, -0.05) is 19.3 Å². The highest BCUT2D eigenvalue weighted by atomic mass is 19.1. The van der Waals surface area contributed by atoms with Gasteiger partial charge in [-0.3, -0.25) is 4.79 Å². The van der Waals surface area contributed by atoms with Crippen molar-refractivity contribution in [3.05, 3.63) is 29.6 Å². The normalized spacial score (nSPS) is 16.5. The largest absolute Gasteiger partial charge is 0.399 e. The summed E-state index contributed by atoms with van der Waals surface area (Å²) in [5.41, 5.74) is 6.09. The van der Waals surface area contributed by atoms with E-state index in [0.29, 0.717) is 18.0 Å². The molecule has 4 heteroatoms. The second-order valence-electron chi connectivity index (χ2n) is 4.99. The standard InChI is InChI=1S/C14H19FN2O/c15-12-6-11(7-13(16)8-12)14(18)17-9-10-4-2-1-3-5-10/h6-8,10H,1-5,9,16H2,(H,17,18). The molecule has 0 saturated heterocycles. The molecule has 3 N–H and O–H groups in total. The molecule has 0 unspecified atom stereocenters. The van der Waals surface area contributed by atoms with Crippen molar-refractivity contribution in [3.8, 4) is 0 Å². The lowest BCUT2D eigenvalue weighted by Gasteiger charge is -2.21. The zero-order chi connectivity index (χ0) is 13.0. The van der Waals surface area contributed by atoms with Crippen LogP contribution in [0.3, 0.4) is 0 Å². The van der Waals surface area contributed by atoms with E-state index in [2.05, 4.69) is 5.32 Å². The van der Waals surface area contributed by atoms with Crippen LogP contribution in [0.1, 0.15) is 42.5 Å². The molecule has 0 aliphatic heterocycles. The van der Waals surface area contributed by atoms with Crippen LogP contribution >= 0.6 is 0 Å². The third-order valence-corrected chi connectivity index (χ3v) is 3.46. The monoisotopic (exact) mass is 250 g/mol. The van der Waals surface area contributed by atoms with E-state index in [1.54, 1.807) is 0 Å². The first kappa shape index (κ1) is 12.9. The number of hydrogen-bond acceptors (Lipinski definition) is 2. The minimum atomic E-state index is -0.474. The molecule has 0 atom stereocenters. The van der Waals surface area contributed by atoms with Gasteiger partial charge in [0.1, 0.15) is 5.82 Å². The molecule has 3 nitrogen and oxygen atoms in total. The van der Waals surface area contributed by atoms with E-state index in [0.717, 1.165) is 0 Å². The van der Waals surface area contributed by atoms with Gasteiger partial charge in [0.05, 0.1) is 0 Å². The summed E-state index contributed by atoms with van der Waals surface area (Å²) in [5, 5.41) is 2.86. The first-order valence-corrected chi connectivity index (χ1v) is 6.49. The minimum Gasteiger partial charge on any atom is -0.399 e. The number of carbonyl (C=O) groups excluding carboxylic acids is 1. The zero-order valence-corrected chi connectivity index (χ0v) is 10.4. The molecule has 98 valence electrons. The number of nitrogens with one attached hydrogen (secondary N) is 1. The lowest BCUT2D eigenvalue weighted by atomic mass is 9.89. The molecule has 1 fully saturated rings. The number of benzene rings is 1. The molecule has 1 aliphatic carbocycles. The number of nitrogens with two attached hydrogens (primary N) is 1. The SMILES string of the molecule is Nc1cc(F)cc(C(=O)NCC2CCCCC2)c1. The summed E-state index contributed by atoms with van der Waals surface area (Å²) in [7, 11) is 0. The highest BCUT2D eigenvalue weighted by Gasteiger charge is 2.15. The zero-order valence-electron chi connectivity index (χ0n) is 10.4. The molecule has 0 spiro atoms. The fraction of sp³-hybridized carbons (Fsp3) is 0.500. The summed E-state index contributed by atoms with van der Waals surface area (Å²) in [6.07, 6.45) is 6.13. The van der Waals surface area contributed by atoms with Crippen LogP contribution in [-0.2, 0) is 0 Å². The van der Waals surface area contributed by atoms with Crippen molar-refractivity contribution >= 4 is 11.6 Å². The average Bonchev–Trinajstić information content (AvgIpc) is 2.36. The molecule has 0 bridgehead atoms. The summed E-state index contributed by atoms with van der Waals surface area (Å²) >= 11 is 0. The molecule has 1 amide bonds. The van der Waals surface area contributed by atoms with Gasteiger partial charge in [0.25, 0.3) is 5.91 Å². The summed E-state index contributed by atoms with van der Waals surface area (Å²) in [5.74, 6) is -0.154. The van der Waals surface area contributed by atoms with Gasteiger partial charge >= 0.3 is 0 Å². The molecule has 1 aliphatic rings. The van der Waals surface area contributed by atoms with Gasteiger partial charge in [0, 0.05) is 17.8 Å². The van der Waals surface area contributed by atoms with Crippen LogP contribution in [0.5, 0.6) is 0 Å². The number of halogens is 1. The second kappa shape index (κ2) is 5.85. The highest BCUT2D eigenvalue weighted by molar-refractivity contribution is 5.95. The van der Waals surface area contributed by atoms with E-state index < -0.39 is 5.82 Å². The predicted molar refractivity (Wildman–Crippen MR) is 69.7 cm³/mol. The molecular weight excluding hydrogens is 231 g/mol. The molecule has 1 aromatic rings. The van der Waals surface area contributed by atoms with Crippen molar-refractivity contribution in [3.63, 3.8) is 0 Å². The summed E-state index contributed by atoms with van der Waals surface area (Å²) in [6, 6.07) is 3.92. The summed E-state index contributed by atoms with van der Waals surface area (Å²) < 4.78 is 13.1. The molecule has 0 heterocycles. The highest BCUT2D eigenvalue weighted by Crippen LogP contribution is 2.22. The van der Waals surface area contributed by atoms with E-state index >= 15 is 0 Å². The van der Waals surface area contributed by atoms with Gasteiger partial charge in [0.2, 0.25) is 0 Å². The van der Waals surface area contributed by atoms with Crippen LogP contribution in [0.25, 0.3) is 0 Å². The maximum Gasteiger partial charge on any atom is 0.251 e. The molecule has 18 heavy (non-hydrogen) atoms. The van der Waals surface area contributed by atoms with Gasteiger partial charge in [0.15, 0.2) is 0 Å². The van der Waals surface area contributed by atoms with Crippen molar-refractivity contribution in [1.29, 1.82) is 0 Å². The first-order chi connectivity index (χ1) is 8.65. The van der Waals surface area contributed by atoms with Gasteiger partial charge in [-0.15, -0.1) is 0 Å². The average molecular weight is 250 g/mol. The van der Waals surface area contributed by atoms with Crippen molar-refractivity contribution in [2.75, 3.05) is 12.3 Å². The van der Waals surface area contributed by atoms with Crippen LogP contribution < -0.4 is 11.1 Å². The predicted octanol–water partition coefficient (Wildman–Crippen LogP) is 2.72. The molecule has 1 aromatic carbocycles. The molecule has 1 saturated carbocycles. The number of hydrogen-bond donors (Lipinski definition) is 2. The Morgan fingerprint density at radius 1 is 1.28 bits per heavy atom. The lowest BCUT2D eigenvalue weighted by Crippen LogP contribution is -2.30. The van der Waals surface area contributed by atoms with Gasteiger partial charge < -0.3 is 11.1 Å². The van der Waals surface area contributed by atoms with Gasteiger partial charge in [-0.25, -0.2) is 4.39 Å². The van der Waals surface area contributed by atoms with Gasteiger partial charge in [-0.05, 0) is 37.0 Å². The Morgan fingerprint density at radius 2 is 2.00 bits per heavy atom. The maximum atomic E-state index is 13.1. The molecule has 0 aromatic heterocycles. The van der Waals surface area contributed by atoms with Crippen molar-refractivity contribution in [2.45, 2.75) is 32.1 Å². The lowest BCUT2D eigenvalue weighted by molar-refractivity contribution is 0.0943. The Kier molecular flexibility index (Phi) is 4.18. The Hall–Kier alpha value is -1.58. The second-order valence-corrected chi connectivity index (χ2v) is 4.99. The number of carbonyl (C=O) groups is 1. The Labute approximate surface area is 107 Å². The maximum absolute atomic E-state index is 13.1.